The fraction of sp³-hybridized carbons (Fsp3) is 0.480. The maximum Gasteiger partial charge on any atom is 0.283 e. The molecule has 1 saturated heterocycles. The normalized spacial score (nSPS) is 19.8. The van der Waals surface area contributed by atoms with Gasteiger partial charge in [0, 0.05) is 37.1 Å². The quantitative estimate of drug-likeness (QED) is 0.410. The molecule has 0 bridgehead atoms. The Morgan fingerprint density at radius 2 is 1.83 bits per heavy atom. The van der Waals surface area contributed by atoms with Gasteiger partial charge in [-0.05, 0) is 61.6 Å². The highest BCUT2D eigenvalue weighted by Crippen LogP contribution is 2.42. The van der Waals surface area contributed by atoms with Gasteiger partial charge in [0.1, 0.15) is 23.0 Å². The van der Waals surface area contributed by atoms with Crippen molar-refractivity contribution in [2.45, 2.75) is 56.8 Å². The van der Waals surface area contributed by atoms with E-state index in [-0.39, 0.29) is 5.92 Å². The van der Waals surface area contributed by atoms with Crippen LogP contribution in [0.25, 0.3) is 5.69 Å². The van der Waals surface area contributed by atoms with Crippen LogP contribution >= 0.6 is 11.6 Å². The fourth-order valence-electron chi connectivity index (χ4n) is 5.30. The second-order valence-electron chi connectivity index (χ2n) is 9.98. The zero-order valence-electron chi connectivity index (χ0n) is 19.5. The molecule has 2 aromatic heterocycles. The molecular weight excluding hydrogens is 496 g/mol. The van der Waals surface area contributed by atoms with E-state index in [1.807, 2.05) is 23.1 Å². The van der Waals surface area contributed by atoms with Gasteiger partial charge in [-0.2, -0.15) is 0 Å². The summed E-state index contributed by atoms with van der Waals surface area (Å²) in [7, 11) is 0. The van der Waals surface area contributed by atoms with Crippen LogP contribution in [-0.4, -0.2) is 50.0 Å². The molecule has 0 radical (unpaired) electrons. The van der Waals surface area contributed by atoms with Crippen LogP contribution in [0.15, 0.2) is 30.3 Å². The highest BCUT2D eigenvalue weighted by atomic mass is 35.5. The molecule has 6 rings (SSSR count). The Kier molecular flexibility index (Phi) is 5.91. The summed E-state index contributed by atoms with van der Waals surface area (Å²) < 4.78 is 56.6. The third kappa shape index (κ3) is 4.45. The number of hydrogen-bond acceptors (Lipinski definition) is 5. The number of alkyl halides is 3. The summed E-state index contributed by atoms with van der Waals surface area (Å²) in [6.45, 7) is 2.55. The largest absolute Gasteiger partial charge is 0.357 e. The van der Waals surface area contributed by atoms with Crippen LogP contribution in [0.4, 0.5) is 23.4 Å². The van der Waals surface area contributed by atoms with Crippen LogP contribution < -0.4 is 4.90 Å². The molecular formula is C25H25ClF4N6. The van der Waals surface area contributed by atoms with Gasteiger partial charge in [0.15, 0.2) is 11.6 Å². The predicted octanol–water partition coefficient (Wildman–Crippen LogP) is 5.59. The van der Waals surface area contributed by atoms with Gasteiger partial charge in [-0.15, -0.1) is 10.2 Å². The zero-order valence-corrected chi connectivity index (χ0v) is 20.2. The Morgan fingerprint density at radius 3 is 2.56 bits per heavy atom. The Bertz CT molecular complexity index is 1290. The first-order valence-corrected chi connectivity index (χ1v) is 12.5. The standard InChI is InChI=1S/C25H25ClF4N6/c26-17-1-3-19-16(11-17)12-34(14-25(30)7-8-25)13-21-32-33-24(36(19)21)15-5-9-35(10-6-15)20-4-2-18(27)22(31-20)23(28)29/h1-4,11,15,23H,5-10,12-14H2. The third-order valence-corrected chi connectivity index (χ3v) is 7.58. The lowest BCUT2D eigenvalue weighted by Gasteiger charge is -2.32. The number of piperidine rings is 1. The number of hydrogen-bond donors (Lipinski definition) is 0. The number of pyridine rings is 1. The van der Waals surface area contributed by atoms with Crippen LogP contribution in [-0.2, 0) is 13.1 Å². The predicted molar refractivity (Wildman–Crippen MR) is 127 cm³/mol. The molecule has 3 aromatic rings. The van der Waals surface area contributed by atoms with Crippen LogP contribution in [0.5, 0.6) is 0 Å². The van der Waals surface area contributed by atoms with Gasteiger partial charge in [0.2, 0.25) is 0 Å². The van der Waals surface area contributed by atoms with Gasteiger partial charge in [-0.1, -0.05) is 11.6 Å². The van der Waals surface area contributed by atoms with Crippen molar-refractivity contribution in [2.75, 3.05) is 24.5 Å². The zero-order chi connectivity index (χ0) is 25.0. The molecule has 1 aromatic carbocycles. The van der Waals surface area contributed by atoms with Crippen LogP contribution in [0.3, 0.4) is 0 Å². The topological polar surface area (TPSA) is 50.1 Å². The van der Waals surface area contributed by atoms with E-state index >= 15 is 0 Å². The van der Waals surface area contributed by atoms with E-state index in [0.29, 0.717) is 69.2 Å². The molecule has 1 aliphatic carbocycles. The van der Waals surface area contributed by atoms with Crippen molar-refractivity contribution in [2.24, 2.45) is 0 Å². The molecule has 3 aliphatic rings. The maximum absolute atomic E-state index is 14.6. The minimum atomic E-state index is -2.96. The lowest BCUT2D eigenvalue weighted by molar-refractivity contribution is 0.140. The van der Waals surface area contributed by atoms with E-state index in [9.17, 15) is 17.6 Å². The molecule has 0 amide bonds. The van der Waals surface area contributed by atoms with E-state index in [2.05, 4.69) is 24.6 Å². The monoisotopic (exact) mass is 520 g/mol. The first kappa shape index (κ1) is 23.7. The summed E-state index contributed by atoms with van der Waals surface area (Å²) in [6, 6.07) is 8.21. The second-order valence-corrected chi connectivity index (χ2v) is 10.4. The van der Waals surface area contributed by atoms with Crippen molar-refractivity contribution in [3.05, 3.63) is 64.1 Å². The smallest absolute Gasteiger partial charge is 0.283 e. The maximum atomic E-state index is 14.6. The van der Waals surface area contributed by atoms with E-state index in [0.717, 1.165) is 29.0 Å². The Morgan fingerprint density at radius 1 is 1.06 bits per heavy atom. The van der Waals surface area contributed by atoms with Crippen LogP contribution in [0.2, 0.25) is 5.02 Å². The molecule has 6 nitrogen and oxygen atoms in total. The molecule has 11 heteroatoms. The number of rotatable bonds is 5. The molecule has 36 heavy (non-hydrogen) atoms. The average molecular weight is 521 g/mol. The fourth-order valence-corrected chi connectivity index (χ4v) is 5.50. The minimum absolute atomic E-state index is 0.0866. The van der Waals surface area contributed by atoms with E-state index in [1.54, 1.807) is 0 Å². The first-order valence-electron chi connectivity index (χ1n) is 12.1. The van der Waals surface area contributed by atoms with Crippen molar-refractivity contribution < 1.29 is 17.6 Å². The summed E-state index contributed by atoms with van der Waals surface area (Å²) in [5.74, 6) is 1.03. The van der Waals surface area contributed by atoms with Crippen LogP contribution in [0, 0.1) is 5.82 Å². The van der Waals surface area contributed by atoms with Gasteiger partial charge in [0.25, 0.3) is 6.43 Å². The van der Waals surface area contributed by atoms with E-state index in [1.165, 1.54) is 6.07 Å². The molecule has 0 unspecified atom stereocenters. The SMILES string of the molecule is Fc1ccc(N2CCC(c3nnc4n3-c3ccc(Cl)cc3CN(CC3(F)CC3)C4)CC2)nc1C(F)F. The van der Waals surface area contributed by atoms with Gasteiger partial charge in [0.05, 0.1) is 12.2 Å². The summed E-state index contributed by atoms with van der Waals surface area (Å²) in [5, 5.41) is 9.67. The summed E-state index contributed by atoms with van der Waals surface area (Å²) in [5.41, 5.74) is 0.00429. The summed E-state index contributed by atoms with van der Waals surface area (Å²) in [6.07, 6.45) is -0.369. The second kappa shape index (κ2) is 8.99. The lowest BCUT2D eigenvalue weighted by Crippen LogP contribution is -2.34. The van der Waals surface area contributed by atoms with Crippen molar-refractivity contribution in [1.29, 1.82) is 0 Å². The third-order valence-electron chi connectivity index (χ3n) is 7.35. The first-order chi connectivity index (χ1) is 17.3. The molecule has 190 valence electrons. The minimum Gasteiger partial charge on any atom is -0.357 e. The number of halogens is 5. The number of nitrogens with zero attached hydrogens (tertiary/aromatic N) is 6. The molecule has 2 aliphatic heterocycles. The summed E-state index contributed by atoms with van der Waals surface area (Å²) in [4.78, 5) is 7.83. The number of fused-ring (bicyclic) bond motifs is 3. The van der Waals surface area contributed by atoms with Gasteiger partial charge >= 0.3 is 0 Å². The summed E-state index contributed by atoms with van der Waals surface area (Å²) >= 11 is 6.31. The van der Waals surface area contributed by atoms with Crippen molar-refractivity contribution in [3.63, 3.8) is 0 Å². The van der Waals surface area contributed by atoms with Crippen molar-refractivity contribution in [3.8, 4) is 5.69 Å². The lowest BCUT2D eigenvalue weighted by atomic mass is 9.95. The highest BCUT2D eigenvalue weighted by Gasteiger charge is 2.45. The highest BCUT2D eigenvalue weighted by molar-refractivity contribution is 6.30. The molecule has 1 saturated carbocycles. The number of anilines is 1. The van der Waals surface area contributed by atoms with E-state index < -0.39 is 23.6 Å². The van der Waals surface area contributed by atoms with E-state index in [4.69, 9.17) is 11.6 Å². The molecule has 2 fully saturated rings. The number of aromatic nitrogens is 4. The molecule has 0 atom stereocenters. The molecule has 4 heterocycles. The van der Waals surface area contributed by atoms with Crippen molar-refractivity contribution in [1.82, 2.24) is 24.6 Å². The Hall–Kier alpha value is -2.72. The number of benzene rings is 1. The van der Waals surface area contributed by atoms with Gasteiger partial charge < -0.3 is 4.90 Å². The molecule has 0 N–H and O–H groups in total. The van der Waals surface area contributed by atoms with Gasteiger partial charge in [-0.25, -0.2) is 22.5 Å². The van der Waals surface area contributed by atoms with Crippen molar-refractivity contribution >= 4 is 17.4 Å². The van der Waals surface area contributed by atoms with Gasteiger partial charge in [-0.3, -0.25) is 9.47 Å². The average Bonchev–Trinajstić information content (AvgIpc) is 3.47. The Labute approximate surface area is 210 Å². The Balaban J connectivity index is 1.26. The van der Waals surface area contributed by atoms with Crippen LogP contribution in [0.1, 0.15) is 60.9 Å². The molecule has 0 spiro atoms.